The number of rotatable bonds is 2. The van der Waals surface area contributed by atoms with E-state index in [0.717, 1.165) is 0 Å². The van der Waals surface area contributed by atoms with Crippen molar-refractivity contribution in [1.82, 2.24) is 9.78 Å². The maximum atomic E-state index is 11.6. The lowest BCUT2D eigenvalue weighted by atomic mass is 10.1. The van der Waals surface area contributed by atoms with E-state index in [1.54, 1.807) is 41.3 Å². The number of esters is 1. The molecule has 0 unspecified atom stereocenters. The molecule has 0 atom stereocenters. The Morgan fingerprint density at radius 2 is 2.31 bits per heavy atom. The predicted molar refractivity (Wildman–Crippen MR) is 59.3 cm³/mol. The number of carbonyl (C=O) groups is 1. The lowest BCUT2D eigenvalue weighted by Gasteiger charge is -2.08. The van der Waals surface area contributed by atoms with Crippen LogP contribution in [0, 0.1) is 0 Å². The number of ether oxygens (including phenoxy) is 1. The molecule has 0 saturated carbocycles. The van der Waals surface area contributed by atoms with Crippen molar-refractivity contribution in [2.75, 3.05) is 12.8 Å². The summed E-state index contributed by atoms with van der Waals surface area (Å²) in [5, 5.41) is 4.06. The molecule has 0 spiro atoms. The standard InChI is InChI=1S/C11H11N3O2/c1-16-11(15)9-7-8(12)3-4-10(9)14-6-2-5-13-14/h2-7H,12H2,1H3. The summed E-state index contributed by atoms with van der Waals surface area (Å²) in [7, 11) is 1.33. The molecule has 0 amide bonds. The molecule has 0 aliphatic carbocycles. The fraction of sp³-hybridized carbons (Fsp3) is 0.0909. The molecule has 2 rings (SSSR count). The average molecular weight is 217 g/mol. The quantitative estimate of drug-likeness (QED) is 0.607. The summed E-state index contributed by atoms with van der Waals surface area (Å²) in [5.74, 6) is -0.433. The molecule has 0 bridgehead atoms. The van der Waals surface area contributed by atoms with Gasteiger partial charge in [0.25, 0.3) is 0 Å². The SMILES string of the molecule is COC(=O)c1cc(N)ccc1-n1cccn1. The largest absolute Gasteiger partial charge is 0.465 e. The number of methoxy groups -OCH3 is 1. The summed E-state index contributed by atoms with van der Waals surface area (Å²) >= 11 is 0. The van der Waals surface area contributed by atoms with Gasteiger partial charge >= 0.3 is 5.97 Å². The minimum Gasteiger partial charge on any atom is -0.465 e. The van der Waals surface area contributed by atoms with Gasteiger partial charge in [0, 0.05) is 18.1 Å². The normalized spacial score (nSPS) is 10.1. The van der Waals surface area contributed by atoms with Crippen molar-refractivity contribution in [2.45, 2.75) is 0 Å². The van der Waals surface area contributed by atoms with Crippen LogP contribution in [0.5, 0.6) is 0 Å². The van der Waals surface area contributed by atoms with E-state index in [4.69, 9.17) is 10.5 Å². The highest BCUT2D eigenvalue weighted by Gasteiger charge is 2.13. The van der Waals surface area contributed by atoms with Crippen LogP contribution in [0.4, 0.5) is 5.69 Å². The first-order chi connectivity index (χ1) is 7.72. The Morgan fingerprint density at radius 3 is 2.94 bits per heavy atom. The zero-order chi connectivity index (χ0) is 11.5. The fourth-order valence-electron chi connectivity index (χ4n) is 1.44. The summed E-state index contributed by atoms with van der Waals surface area (Å²) in [6.45, 7) is 0. The summed E-state index contributed by atoms with van der Waals surface area (Å²) in [4.78, 5) is 11.6. The minimum atomic E-state index is -0.433. The number of aromatic nitrogens is 2. The number of hydrogen-bond donors (Lipinski definition) is 1. The van der Waals surface area contributed by atoms with Gasteiger partial charge in [-0.25, -0.2) is 9.48 Å². The van der Waals surface area contributed by atoms with Crippen molar-refractivity contribution in [1.29, 1.82) is 0 Å². The molecule has 2 aromatic rings. The maximum Gasteiger partial charge on any atom is 0.340 e. The minimum absolute atomic E-state index is 0.395. The Hall–Kier alpha value is -2.30. The van der Waals surface area contributed by atoms with E-state index < -0.39 is 5.97 Å². The van der Waals surface area contributed by atoms with E-state index in [1.165, 1.54) is 7.11 Å². The van der Waals surface area contributed by atoms with E-state index in [0.29, 0.717) is 16.9 Å². The molecule has 0 aliphatic heterocycles. The molecule has 16 heavy (non-hydrogen) atoms. The molecule has 0 fully saturated rings. The van der Waals surface area contributed by atoms with Crippen molar-refractivity contribution < 1.29 is 9.53 Å². The number of benzene rings is 1. The summed E-state index contributed by atoms with van der Waals surface area (Å²) in [6, 6.07) is 6.79. The van der Waals surface area contributed by atoms with Crippen molar-refractivity contribution in [3.63, 3.8) is 0 Å². The lowest BCUT2D eigenvalue weighted by molar-refractivity contribution is 0.0600. The third kappa shape index (κ3) is 1.75. The van der Waals surface area contributed by atoms with Crippen molar-refractivity contribution >= 4 is 11.7 Å². The highest BCUT2D eigenvalue weighted by Crippen LogP contribution is 2.18. The summed E-state index contributed by atoms with van der Waals surface area (Å²) in [6.07, 6.45) is 3.38. The van der Waals surface area contributed by atoms with Crippen LogP contribution in [-0.4, -0.2) is 22.9 Å². The number of carbonyl (C=O) groups excluding carboxylic acids is 1. The number of nitrogen functional groups attached to an aromatic ring is 1. The topological polar surface area (TPSA) is 70.1 Å². The monoisotopic (exact) mass is 217 g/mol. The third-order valence-electron chi connectivity index (χ3n) is 2.18. The second-order valence-corrected chi connectivity index (χ2v) is 3.22. The molecule has 82 valence electrons. The number of anilines is 1. The van der Waals surface area contributed by atoms with Crippen molar-refractivity contribution in [3.05, 3.63) is 42.2 Å². The highest BCUT2D eigenvalue weighted by molar-refractivity contribution is 5.94. The van der Waals surface area contributed by atoms with Gasteiger partial charge in [0.2, 0.25) is 0 Å². The van der Waals surface area contributed by atoms with Crippen LogP contribution in [0.3, 0.4) is 0 Å². The molecule has 0 radical (unpaired) electrons. The molecule has 5 heteroatoms. The lowest BCUT2D eigenvalue weighted by Crippen LogP contribution is -2.08. The zero-order valence-electron chi connectivity index (χ0n) is 8.75. The van der Waals surface area contributed by atoms with Gasteiger partial charge in [-0.15, -0.1) is 0 Å². The first kappa shape index (κ1) is 10.2. The van der Waals surface area contributed by atoms with Crippen LogP contribution in [0.1, 0.15) is 10.4 Å². The Morgan fingerprint density at radius 1 is 1.50 bits per heavy atom. The summed E-state index contributed by atoms with van der Waals surface area (Å²) < 4.78 is 6.28. The van der Waals surface area contributed by atoms with Gasteiger partial charge in [-0.2, -0.15) is 5.10 Å². The number of hydrogen-bond acceptors (Lipinski definition) is 4. The van der Waals surface area contributed by atoms with Gasteiger partial charge in [0.15, 0.2) is 0 Å². The van der Waals surface area contributed by atoms with Gasteiger partial charge in [-0.3, -0.25) is 0 Å². The molecular weight excluding hydrogens is 206 g/mol. The molecule has 2 N–H and O–H groups in total. The van der Waals surface area contributed by atoms with Crippen LogP contribution < -0.4 is 5.73 Å². The molecule has 5 nitrogen and oxygen atoms in total. The molecule has 1 aromatic heterocycles. The van der Waals surface area contributed by atoms with E-state index in [-0.39, 0.29) is 0 Å². The van der Waals surface area contributed by atoms with Crippen LogP contribution in [0.25, 0.3) is 5.69 Å². The van der Waals surface area contributed by atoms with Gasteiger partial charge in [0.05, 0.1) is 18.4 Å². The first-order valence-electron chi connectivity index (χ1n) is 4.70. The van der Waals surface area contributed by atoms with Gasteiger partial charge in [-0.1, -0.05) is 0 Å². The van der Waals surface area contributed by atoms with Crippen molar-refractivity contribution in [3.8, 4) is 5.69 Å². The Kier molecular flexibility index (Phi) is 2.59. The highest BCUT2D eigenvalue weighted by atomic mass is 16.5. The third-order valence-corrected chi connectivity index (χ3v) is 2.18. The van der Waals surface area contributed by atoms with E-state index in [1.807, 2.05) is 0 Å². The average Bonchev–Trinajstić information content (AvgIpc) is 2.81. The Bertz CT molecular complexity index is 506. The molecular formula is C11H11N3O2. The van der Waals surface area contributed by atoms with Gasteiger partial charge in [-0.05, 0) is 24.3 Å². The first-order valence-corrected chi connectivity index (χ1v) is 4.70. The van der Waals surface area contributed by atoms with Crippen LogP contribution >= 0.6 is 0 Å². The number of nitrogens with zero attached hydrogens (tertiary/aromatic N) is 2. The second kappa shape index (κ2) is 4.06. The smallest absolute Gasteiger partial charge is 0.340 e. The maximum absolute atomic E-state index is 11.6. The van der Waals surface area contributed by atoms with E-state index in [9.17, 15) is 4.79 Å². The molecule has 0 aliphatic rings. The van der Waals surface area contributed by atoms with E-state index >= 15 is 0 Å². The Balaban J connectivity index is 2.57. The zero-order valence-corrected chi connectivity index (χ0v) is 8.75. The van der Waals surface area contributed by atoms with Gasteiger partial charge < -0.3 is 10.5 Å². The predicted octanol–water partition coefficient (Wildman–Crippen LogP) is 1.24. The molecule has 1 aromatic carbocycles. The Labute approximate surface area is 92.4 Å². The van der Waals surface area contributed by atoms with Crippen LogP contribution in [0.15, 0.2) is 36.7 Å². The van der Waals surface area contributed by atoms with Crippen molar-refractivity contribution in [2.24, 2.45) is 0 Å². The van der Waals surface area contributed by atoms with Gasteiger partial charge in [0.1, 0.15) is 0 Å². The van der Waals surface area contributed by atoms with E-state index in [2.05, 4.69) is 5.10 Å². The van der Waals surface area contributed by atoms with Crippen LogP contribution in [0.2, 0.25) is 0 Å². The fourth-order valence-corrected chi connectivity index (χ4v) is 1.44. The molecule has 0 saturated heterocycles. The summed E-state index contributed by atoms with van der Waals surface area (Å²) in [5.41, 5.74) is 7.19. The molecule has 1 heterocycles. The number of nitrogens with two attached hydrogens (primary N) is 1. The van der Waals surface area contributed by atoms with Crippen LogP contribution in [-0.2, 0) is 4.74 Å². The second-order valence-electron chi connectivity index (χ2n) is 3.22.